The Bertz CT molecular complexity index is 1510. The normalized spacial score (nSPS) is 24.4. The molecule has 3 saturated heterocycles. The summed E-state index contributed by atoms with van der Waals surface area (Å²) in [5, 5.41) is 36.8. The van der Waals surface area contributed by atoms with Gasteiger partial charge in [-0.25, -0.2) is 0 Å². The fraction of sp³-hybridized carbons (Fsp3) is 0.634. The van der Waals surface area contributed by atoms with Gasteiger partial charge in [-0.2, -0.15) is 0 Å². The number of fused-ring (bicyclic) bond motifs is 4. The lowest BCUT2D eigenvalue weighted by molar-refractivity contribution is -0.946. The number of pyridine rings is 1. The van der Waals surface area contributed by atoms with E-state index in [1.807, 2.05) is 18.2 Å². The molecule has 0 amide bonds. The van der Waals surface area contributed by atoms with Crippen molar-refractivity contribution in [2.75, 3.05) is 45.9 Å². The number of aliphatic hydroxyl groups excluding tert-OH is 1. The monoisotopic (exact) mass is 674 g/mol. The summed E-state index contributed by atoms with van der Waals surface area (Å²) in [7, 11) is 0. The summed E-state index contributed by atoms with van der Waals surface area (Å²) >= 11 is 0. The van der Waals surface area contributed by atoms with E-state index in [-0.39, 0.29) is 17.4 Å². The van der Waals surface area contributed by atoms with E-state index in [2.05, 4.69) is 22.4 Å². The van der Waals surface area contributed by atoms with Crippen molar-refractivity contribution in [3.63, 3.8) is 0 Å². The molecule has 3 aromatic rings. The largest absolute Gasteiger partial charge is 0.506 e. The topological polar surface area (TPSA) is 115 Å². The summed E-state index contributed by atoms with van der Waals surface area (Å²) in [6.45, 7) is 6.72. The number of nitrogens with one attached hydrogen (secondary N) is 2. The number of phenols is 1. The molecule has 4 aliphatic rings. The van der Waals surface area contributed by atoms with Crippen LogP contribution in [0, 0.1) is 11.8 Å². The van der Waals surface area contributed by atoms with Crippen molar-refractivity contribution >= 4 is 10.9 Å². The molecule has 8 nitrogen and oxygen atoms in total. The molecule has 4 heterocycles. The molecule has 0 radical (unpaired) electrons. The summed E-state index contributed by atoms with van der Waals surface area (Å²) in [6.07, 6.45) is 16.7. The molecule has 1 aromatic heterocycles. The second-order valence-corrected chi connectivity index (χ2v) is 15.5. The predicted molar refractivity (Wildman–Crippen MR) is 195 cm³/mol. The molecule has 0 spiro atoms. The number of hydrogen-bond acceptors (Lipinski definition) is 6. The SMILES string of the molecule is O=c1ccc2c([C@@H](O)CNCCCCCCCCCC[N+]34CCC(CC3)[C@@H](OCC(O)(c3ccccc3)C3CCCC3)C4)ccc(O)c2[nH]1. The van der Waals surface area contributed by atoms with Gasteiger partial charge < -0.3 is 34.8 Å². The van der Waals surface area contributed by atoms with Crippen LogP contribution in [0.1, 0.15) is 107 Å². The second-order valence-electron chi connectivity index (χ2n) is 15.5. The van der Waals surface area contributed by atoms with Crippen LogP contribution in [0.25, 0.3) is 10.9 Å². The van der Waals surface area contributed by atoms with Gasteiger partial charge in [0.15, 0.2) is 0 Å². The van der Waals surface area contributed by atoms with Gasteiger partial charge in [0.05, 0.1) is 37.9 Å². The van der Waals surface area contributed by atoms with Crippen LogP contribution in [0.5, 0.6) is 5.75 Å². The molecular formula is C41H60N3O5+. The fourth-order valence-electron chi connectivity index (χ4n) is 9.18. The first-order valence-electron chi connectivity index (χ1n) is 19.4. The minimum atomic E-state index is -0.873. The number of benzene rings is 2. The van der Waals surface area contributed by atoms with Gasteiger partial charge in [-0.3, -0.25) is 4.79 Å². The number of nitrogens with zero attached hydrogens (tertiary/aromatic N) is 1. The Balaban J connectivity index is 0.834. The molecule has 268 valence electrons. The Morgan fingerprint density at radius 3 is 2.31 bits per heavy atom. The zero-order valence-electron chi connectivity index (χ0n) is 29.5. The van der Waals surface area contributed by atoms with Gasteiger partial charge in [0.25, 0.3) is 0 Å². The first-order valence-corrected chi connectivity index (χ1v) is 19.4. The number of phenolic OH excluding ortho intramolecular Hbond substituents is 1. The minimum absolute atomic E-state index is 0.00899. The molecule has 3 atom stereocenters. The lowest BCUT2D eigenvalue weighted by Gasteiger charge is -2.53. The van der Waals surface area contributed by atoms with E-state index >= 15 is 0 Å². The molecule has 3 aliphatic heterocycles. The summed E-state index contributed by atoms with van der Waals surface area (Å²) in [6, 6.07) is 16.6. The quantitative estimate of drug-likeness (QED) is 0.0716. The zero-order valence-corrected chi connectivity index (χ0v) is 29.5. The number of quaternary nitrogens is 1. The number of aliphatic hydroxyl groups is 2. The first kappa shape index (κ1) is 36.1. The molecule has 8 heteroatoms. The van der Waals surface area contributed by atoms with Crippen LogP contribution < -0.4 is 10.9 Å². The van der Waals surface area contributed by atoms with Crippen molar-refractivity contribution in [1.29, 1.82) is 0 Å². The van der Waals surface area contributed by atoms with E-state index < -0.39 is 11.7 Å². The molecule has 2 aromatic carbocycles. The molecule has 4 fully saturated rings. The molecular weight excluding hydrogens is 614 g/mol. The van der Waals surface area contributed by atoms with Crippen LogP contribution in [0.15, 0.2) is 59.4 Å². The van der Waals surface area contributed by atoms with Crippen molar-refractivity contribution in [1.82, 2.24) is 10.3 Å². The standard InChI is InChI=1S/C41H59N3O5/c45-36-20-18-34(35-19-21-39(47)43-40(35)36)37(46)28-42-24-12-5-3-1-2-4-6-13-25-44-26-22-31(23-27-44)38(29-44)49-30-41(48,33-16-10-11-17-33)32-14-8-7-9-15-32/h7-9,14-15,18-21,31,33,37-38,42,46,48H,1-6,10-13,16-17,22-30H2,(H-,43,45,47)/p+1/t31?,37-,38-,41?,44?/m0/s1. The van der Waals surface area contributed by atoms with Crippen LogP contribution in [0.4, 0.5) is 0 Å². The van der Waals surface area contributed by atoms with E-state index in [4.69, 9.17) is 4.74 Å². The Kier molecular flexibility index (Phi) is 12.5. The van der Waals surface area contributed by atoms with Crippen molar-refractivity contribution in [3.05, 3.63) is 76.1 Å². The number of aromatic amines is 1. The van der Waals surface area contributed by atoms with E-state index in [0.717, 1.165) is 37.9 Å². The number of aromatic hydroxyl groups is 1. The highest BCUT2D eigenvalue weighted by Gasteiger charge is 2.48. The van der Waals surface area contributed by atoms with Crippen molar-refractivity contribution < 1.29 is 24.5 Å². The van der Waals surface area contributed by atoms with E-state index in [0.29, 0.717) is 41.5 Å². The fourth-order valence-corrected chi connectivity index (χ4v) is 9.18. The first-order chi connectivity index (χ1) is 23.9. The van der Waals surface area contributed by atoms with E-state index in [9.17, 15) is 20.1 Å². The van der Waals surface area contributed by atoms with Gasteiger partial charge in [0, 0.05) is 36.8 Å². The van der Waals surface area contributed by atoms with E-state index in [1.165, 1.54) is 107 Å². The third kappa shape index (κ3) is 8.95. The highest BCUT2D eigenvalue weighted by atomic mass is 16.5. The van der Waals surface area contributed by atoms with Gasteiger partial charge in [-0.1, -0.05) is 81.3 Å². The number of piperidine rings is 3. The maximum Gasteiger partial charge on any atom is 0.248 e. The number of rotatable bonds is 19. The minimum Gasteiger partial charge on any atom is -0.506 e. The average molecular weight is 675 g/mol. The van der Waals surface area contributed by atoms with Crippen molar-refractivity contribution in [2.45, 2.75) is 108 Å². The lowest BCUT2D eigenvalue weighted by Crippen LogP contribution is -2.64. The van der Waals surface area contributed by atoms with E-state index in [1.54, 1.807) is 12.1 Å². The van der Waals surface area contributed by atoms with Gasteiger partial charge in [-0.15, -0.1) is 0 Å². The Morgan fingerprint density at radius 1 is 0.878 bits per heavy atom. The molecule has 7 rings (SSSR count). The van der Waals surface area contributed by atoms with Crippen LogP contribution in [0.2, 0.25) is 0 Å². The van der Waals surface area contributed by atoms with Gasteiger partial charge in [0.1, 0.15) is 24.0 Å². The van der Waals surface area contributed by atoms with Crippen LogP contribution in [0.3, 0.4) is 0 Å². The number of unbranched alkanes of at least 4 members (excludes halogenated alkanes) is 7. The summed E-state index contributed by atoms with van der Waals surface area (Å²) < 4.78 is 7.95. The summed E-state index contributed by atoms with van der Waals surface area (Å²) in [4.78, 5) is 14.3. The molecule has 1 aliphatic carbocycles. The van der Waals surface area contributed by atoms with Crippen LogP contribution in [-0.4, -0.2) is 76.8 Å². The Morgan fingerprint density at radius 2 is 1.57 bits per heavy atom. The number of aromatic nitrogens is 1. The van der Waals surface area contributed by atoms with Gasteiger partial charge in [0.2, 0.25) is 5.56 Å². The molecule has 1 saturated carbocycles. The lowest BCUT2D eigenvalue weighted by atomic mass is 9.80. The third-order valence-corrected chi connectivity index (χ3v) is 12.2. The third-order valence-electron chi connectivity index (χ3n) is 12.2. The van der Waals surface area contributed by atoms with Crippen LogP contribution in [-0.2, 0) is 10.3 Å². The predicted octanol–water partition coefficient (Wildman–Crippen LogP) is 6.68. The highest BCUT2D eigenvalue weighted by molar-refractivity contribution is 5.87. The maximum atomic E-state index is 12.0. The molecule has 49 heavy (non-hydrogen) atoms. The van der Waals surface area contributed by atoms with Gasteiger partial charge in [-0.05, 0) is 67.8 Å². The van der Waals surface area contributed by atoms with Gasteiger partial charge >= 0.3 is 0 Å². The van der Waals surface area contributed by atoms with Crippen molar-refractivity contribution in [2.24, 2.45) is 11.8 Å². The number of ether oxygens (including phenoxy) is 1. The molecule has 5 N–H and O–H groups in total. The van der Waals surface area contributed by atoms with Crippen LogP contribution >= 0.6 is 0 Å². The molecule has 1 unspecified atom stereocenters. The number of H-pyrrole nitrogens is 1. The Hall–Kier alpha value is -2.75. The average Bonchev–Trinajstić information content (AvgIpc) is 3.68. The second kappa shape index (κ2) is 17.0. The zero-order chi connectivity index (χ0) is 34.1. The summed E-state index contributed by atoms with van der Waals surface area (Å²) in [5.41, 5.74) is 0.946. The maximum absolute atomic E-state index is 12.0. The number of hydrogen-bond donors (Lipinski definition) is 5. The molecule has 2 bridgehead atoms. The highest BCUT2D eigenvalue weighted by Crippen LogP contribution is 2.43. The Labute approximate surface area is 292 Å². The summed E-state index contributed by atoms with van der Waals surface area (Å²) in [5.74, 6) is 0.954. The van der Waals surface area contributed by atoms with Crippen molar-refractivity contribution in [3.8, 4) is 5.75 Å². The smallest absolute Gasteiger partial charge is 0.248 e.